The van der Waals surface area contributed by atoms with Gasteiger partial charge in [-0.2, -0.15) is 5.10 Å². The summed E-state index contributed by atoms with van der Waals surface area (Å²) in [5.74, 6) is 12.0. The van der Waals surface area contributed by atoms with Gasteiger partial charge in [-0.3, -0.25) is 9.98 Å². The van der Waals surface area contributed by atoms with E-state index in [0.717, 1.165) is 18.7 Å². The van der Waals surface area contributed by atoms with Gasteiger partial charge >= 0.3 is 0 Å². The first-order valence-electron chi connectivity index (χ1n) is 11.9. The SMILES string of the molecule is C=NC(/C=C/C#CCNCC)=C(/S)C(=NC/C(=C/C=C\C)C(=C)/C=N\N)N1CCOCC1.CCOC. The number of nitrogens with one attached hydrogen (secondary N) is 1. The Bertz CT molecular complexity index is 899. The maximum Gasteiger partial charge on any atom is 0.139 e. The molecule has 3 N–H and O–H groups in total. The highest BCUT2D eigenvalue weighted by Gasteiger charge is 2.19. The number of morpholine rings is 1. The van der Waals surface area contributed by atoms with Crippen molar-refractivity contribution in [3.8, 4) is 11.8 Å². The van der Waals surface area contributed by atoms with E-state index in [4.69, 9.17) is 28.2 Å². The van der Waals surface area contributed by atoms with Crippen LogP contribution in [0.3, 0.4) is 0 Å². The van der Waals surface area contributed by atoms with Gasteiger partial charge in [-0.1, -0.05) is 43.6 Å². The molecule has 1 fully saturated rings. The summed E-state index contributed by atoms with van der Waals surface area (Å²) in [6.07, 6.45) is 10.9. The molecule has 198 valence electrons. The van der Waals surface area contributed by atoms with Crippen LogP contribution in [0, 0.1) is 11.8 Å². The van der Waals surface area contributed by atoms with Crippen molar-refractivity contribution in [2.75, 3.05) is 59.7 Å². The average molecular weight is 515 g/mol. The third kappa shape index (κ3) is 14.5. The molecule has 0 atom stereocenters. The van der Waals surface area contributed by atoms with Crippen LogP contribution in [0.2, 0.25) is 0 Å². The van der Waals surface area contributed by atoms with E-state index in [1.807, 2.05) is 39.0 Å². The summed E-state index contributed by atoms with van der Waals surface area (Å²) in [6, 6.07) is 0. The van der Waals surface area contributed by atoms with Crippen LogP contribution in [0.4, 0.5) is 0 Å². The summed E-state index contributed by atoms with van der Waals surface area (Å²) in [6.45, 7) is 19.0. The Hall–Kier alpha value is -2.90. The summed E-state index contributed by atoms with van der Waals surface area (Å²) >= 11 is 4.75. The van der Waals surface area contributed by atoms with Gasteiger partial charge in [0.25, 0.3) is 0 Å². The van der Waals surface area contributed by atoms with E-state index >= 15 is 0 Å². The molecule has 0 aromatic heterocycles. The summed E-state index contributed by atoms with van der Waals surface area (Å²) in [5.41, 5.74) is 2.18. The molecule has 0 radical (unpaired) electrons. The molecule has 1 aliphatic rings. The second-order valence-electron chi connectivity index (χ2n) is 7.16. The smallest absolute Gasteiger partial charge is 0.139 e. The monoisotopic (exact) mass is 514 g/mol. The van der Waals surface area contributed by atoms with Crippen LogP contribution in [0.15, 0.2) is 73.8 Å². The highest BCUT2D eigenvalue weighted by Crippen LogP contribution is 2.19. The second kappa shape index (κ2) is 22.6. The van der Waals surface area contributed by atoms with Gasteiger partial charge in [0, 0.05) is 26.8 Å². The minimum atomic E-state index is 0.378. The zero-order valence-electron chi connectivity index (χ0n) is 22.2. The molecule has 9 heteroatoms. The standard InChI is InChI=1S/C24H34N6OS.C3H8O/c1-5-7-11-21(20(3)18-29-25)19-28-24(30-14-16-31-17-15-30)23(32)22(26-4)12-9-8-10-13-27-6-2;1-3-4-2/h5,7,9,11-12,18,27,32H,3-4,6,13-17,19,25H2,1-2H3;3H2,1-2H3/b7-5-,12-9+,21-11-,23-22+,28-24?,29-18-;. The third-order valence-electron chi connectivity index (χ3n) is 4.65. The van der Waals surface area contributed by atoms with Crippen LogP contribution in [-0.4, -0.2) is 83.3 Å². The van der Waals surface area contributed by atoms with E-state index in [1.54, 1.807) is 19.3 Å². The number of allylic oxidation sites excluding steroid dienone is 5. The van der Waals surface area contributed by atoms with Crippen molar-refractivity contribution >= 4 is 31.4 Å². The van der Waals surface area contributed by atoms with Crippen LogP contribution in [0.5, 0.6) is 0 Å². The molecule has 0 spiro atoms. The minimum Gasteiger partial charge on any atom is -0.385 e. The molecule has 1 saturated heterocycles. The lowest BCUT2D eigenvalue weighted by atomic mass is 10.1. The minimum absolute atomic E-state index is 0.378. The molecule has 0 aromatic rings. The quantitative estimate of drug-likeness (QED) is 0.0574. The lowest BCUT2D eigenvalue weighted by molar-refractivity contribution is 0.0683. The van der Waals surface area contributed by atoms with Gasteiger partial charge in [0.15, 0.2) is 0 Å². The Kier molecular flexibility index (Phi) is 20.7. The van der Waals surface area contributed by atoms with Gasteiger partial charge in [-0.25, -0.2) is 0 Å². The van der Waals surface area contributed by atoms with Crippen LogP contribution < -0.4 is 11.2 Å². The maximum absolute atomic E-state index is 5.50. The predicted octanol–water partition coefficient (Wildman–Crippen LogP) is 3.38. The fourth-order valence-corrected chi connectivity index (χ4v) is 3.00. The number of ether oxygens (including phenoxy) is 2. The molecule has 36 heavy (non-hydrogen) atoms. The number of hydrogen-bond acceptors (Lipinski definition) is 8. The number of thiol groups is 1. The molecule has 0 saturated carbocycles. The van der Waals surface area contributed by atoms with E-state index in [9.17, 15) is 0 Å². The van der Waals surface area contributed by atoms with Crippen LogP contribution in [-0.2, 0) is 9.47 Å². The number of methoxy groups -OCH3 is 1. The summed E-state index contributed by atoms with van der Waals surface area (Å²) in [5, 5.41) is 6.73. The normalized spacial score (nSPS) is 15.4. The molecule has 1 rings (SSSR count). The van der Waals surface area contributed by atoms with E-state index in [0.29, 0.717) is 61.4 Å². The number of aliphatic imine (C=N–C) groups is 2. The first-order chi connectivity index (χ1) is 17.5. The molecule has 1 aliphatic heterocycles. The van der Waals surface area contributed by atoms with Crippen molar-refractivity contribution in [3.63, 3.8) is 0 Å². The van der Waals surface area contributed by atoms with Crippen molar-refractivity contribution < 1.29 is 9.47 Å². The summed E-state index contributed by atoms with van der Waals surface area (Å²) < 4.78 is 10.0. The molecule has 0 amide bonds. The van der Waals surface area contributed by atoms with Crippen molar-refractivity contribution in [1.29, 1.82) is 0 Å². The van der Waals surface area contributed by atoms with Gasteiger partial charge in [0.2, 0.25) is 0 Å². The molecule has 8 nitrogen and oxygen atoms in total. The molecule has 0 aromatic carbocycles. The van der Waals surface area contributed by atoms with Crippen molar-refractivity contribution in [1.82, 2.24) is 10.2 Å². The van der Waals surface area contributed by atoms with Crippen molar-refractivity contribution in [3.05, 3.63) is 58.7 Å². The molecular formula is C27H42N6O2S. The third-order valence-corrected chi connectivity index (χ3v) is 5.08. The van der Waals surface area contributed by atoms with Gasteiger partial charge in [-0.15, -0.1) is 12.6 Å². The van der Waals surface area contributed by atoms with E-state index in [-0.39, 0.29) is 0 Å². The Morgan fingerprint density at radius 1 is 1.31 bits per heavy atom. The van der Waals surface area contributed by atoms with Crippen LogP contribution >= 0.6 is 12.6 Å². The lowest BCUT2D eigenvalue weighted by Gasteiger charge is -2.30. The number of nitrogens with zero attached hydrogens (tertiary/aromatic N) is 4. The van der Waals surface area contributed by atoms with Crippen molar-refractivity contribution in [2.45, 2.75) is 20.8 Å². The van der Waals surface area contributed by atoms with Gasteiger partial charge in [0.05, 0.1) is 43.1 Å². The largest absolute Gasteiger partial charge is 0.385 e. The van der Waals surface area contributed by atoms with Crippen LogP contribution in [0.1, 0.15) is 20.8 Å². The fourth-order valence-electron chi connectivity index (χ4n) is 2.65. The topological polar surface area (TPSA) is 96.8 Å². The summed E-state index contributed by atoms with van der Waals surface area (Å²) in [4.78, 5) is 11.8. The average Bonchev–Trinajstić information content (AvgIpc) is 2.90. The first kappa shape index (κ1) is 33.1. The highest BCUT2D eigenvalue weighted by atomic mass is 32.1. The van der Waals surface area contributed by atoms with Crippen LogP contribution in [0.25, 0.3) is 0 Å². The van der Waals surface area contributed by atoms with E-state index in [1.165, 1.54) is 6.21 Å². The number of hydrazone groups is 1. The number of hydrogen-bond donors (Lipinski definition) is 3. The van der Waals surface area contributed by atoms with E-state index < -0.39 is 0 Å². The molecule has 0 unspecified atom stereocenters. The van der Waals surface area contributed by atoms with E-state index in [2.05, 4.69) is 50.2 Å². The Morgan fingerprint density at radius 2 is 2.00 bits per heavy atom. The Morgan fingerprint density at radius 3 is 2.56 bits per heavy atom. The molecule has 0 bridgehead atoms. The Labute approximate surface area is 222 Å². The number of rotatable bonds is 11. The van der Waals surface area contributed by atoms with Gasteiger partial charge in [0.1, 0.15) is 5.84 Å². The number of amidine groups is 1. The molecular weight excluding hydrogens is 472 g/mol. The first-order valence-corrected chi connectivity index (χ1v) is 12.3. The zero-order valence-corrected chi connectivity index (χ0v) is 23.1. The predicted molar refractivity (Wildman–Crippen MR) is 158 cm³/mol. The fraction of sp³-hybridized carbons (Fsp3) is 0.444. The van der Waals surface area contributed by atoms with Crippen molar-refractivity contribution in [2.24, 2.45) is 20.9 Å². The summed E-state index contributed by atoms with van der Waals surface area (Å²) in [7, 11) is 1.68. The van der Waals surface area contributed by atoms with Gasteiger partial charge < -0.3 is 25.5 Å². The van der Waals surface area contributed by atoms with Gasteiger partial charge in [-0.05, 0) is 50.4 Å². The number of nitrogens with two attached hydrogens (primary N) is 1. The lowest BCUT2D eigenvalue weighted by Crippen LogP contribution is -2.41. The zero-order chi connectivity index (χ0) is 27.0. The second-order valence-corrected chi connectivity index (χ2v) is 7.61. The molecule has 0 aliphatic carbocycles. The molecule has 1 heterocycles. The highest BCUT2D eigenvalue weighted by molar-refractivity contribution is 7.85. The Balaban J connectivity index is 0.00000283. The maximum atomic E-state index is 5.50.